The van der Waals surface area contributed by atoms with Gasteiger partial charge in [0.25, 0.3) is 5.91 Å². The van der Waals surface area contributed by atoms with Gasteiger partial charge in [-0.25, -0.2) is 0 Å². The zero-order valence-corrected chi connectivity index (χ0v) is 15.6. The molecular formula is C22H26N2O2. The van der Waals surface area contributed by atoms with E-state index in [2.05, 4.69) is 36.6 Å². The van der Waals surface area contributed by atoms with Gasteiger partial charge in [-0.3, -0.25) is 9.59 Å². The highest BCUT2D eigenvalue weighted by Gasteiger charge is 2.33. The van der Waals surface area contributed by atoms with E-state index in [1.807, 2.05) is 18.2 Å². The van der Waals surface area contributed by atoms with Gasteiger partial charge in [-0.05, 0) is 48.4 Å². The van der Waals surface area contributed by atoms with Gasteiger partial charge >= 0.3 is 0 Å². The second-order valence-electron chi connectivity index (χ2n) is 7.63. The number of fused-ring (bicyclic) bond motifs is 1. The first-order valence-corrected chi connectivity index (χ1v) is 9.14. The van der Waals surface area contributed by atoms with Crippen molar-refractivity contribution in [3.63, 3.8) is 0 Å². The molecule has 4 heteroatoms. The van der Waals surface area contributed by atoms with E-state index in [1.165, 1.54) is 11.1 Å². The van der Waals surface area contributed by atoms with E-state index < -0.39 is 6.04 Å². The van der Waals surface area contributed by atoms with E-state index in [0.717, 1.165) is 12.8 Å². The molecule has 0 aromatic heterocycles. The number of amides is 2. The summed E-state index contributed by atoms with van der Waals surface area (Å²) in [5.41, 5.74) is 3.14. The standard InChI is InChI=1S/C22H26N2O2/c1-15(23-21(26)16-9-5-4-6-10-16)20(25)24-19-13-14-22(2,3)18-12-8-7-11-17(18)19/h4-12,15,19H,13-14H2,1-3H3,(H,23,26)(H,24,25). The van der Waals surface area contributed by atoms with Gasteiger partial charge in [0.15, 0.2) is 0 Å². The molecule has 0 aliphatic heterocycles. The topological polar surface area (TPSA) is 58.2 Å². The molecule has 0 radical (unpaired) electrons. The quantitative estimate of drug-likeness (QED) is 0.883. The van der Waals surface area contributed by atoms with Crippen LogP contribution in [0.3, 0.4) is 0 Å². The minimum absolute atomic E-state index is 0.0113. The van der Waals surface area contributed by atoms with E-state index >= 15 is 0 Å². The fourth-order valence-electron chi connectivity index (χ4n) is 3.59. The highest BCUT2D eigenvalue weighted by molar-refractivity contribution is 5.97. The van der Waals surface area contributed by atoms with Crippen LogP contribution in [0.25, 0.3) is 0 Å². The molecule has 2 aromatic rings. The van der Waals surface area contributed by atoms with Gasteiger partial charge in [-0.2, -0.15) is 0 Å². The SMILES string of the molecule is CC(NC(=O)c1ccccc1)C(=O)NC1CCC(C)(C)c2ccccc21. The van der Waals surface area contributed by atoms with E-state index in [1.54, 1.807) is 31.2 Å². The molecule has 1 aliphatic rings. The van der Waals surface area contributed by atoms with Gasteiger partial charge in [0, 0.05) is 5.56 Å². The molecule has 0 saturated carbocycles. The lowest BCUT2D eigenvalue weighted by Crippen LogP contribution is -2.47. The first-order valence-electron chi connectivity index (χ1n) is 9.14. The molecule has 26 heavy (non-hydrogen) atoms. The zero-order chi connectivity index (χ0) is 18.7. The maximum Gasteiger partial charge on any atom is 0.251 e. The summed E-state index contributed by atoms with van der Waals surface area (Å²) in [7, 11) is 0. The average molecular weight is 350 g/mol. The molecule has 136 valence electrons. The fraction of sp³-hybridized carbons (Fsp3) is 0.364. The van der Waals surface area contributed by atoms with Crippen LogP contribution in [-0.4, -0.2) is 17.9 Å². The lowest BCUT2D eigenvalue weighted by Gasteiger charge is -2.37. The van der Waals surface area contributed by atoms with Crippen LogP contribution >= 0.6 is 0 Å². The third-order valence-corrected chi connectivity index (χ3v) is 5.22. The van der Waals surface area contributed by atoms with Crippen LogP contribution in [0.15, 0.2) is 54.6 Å². The molecule has 2 aromatic carbocycles. The Morgan fingerprint density at radius 1 is 1.04 bits per heavy atom. The summed E-state index contributed by atoms with van der Waals surface area (Å²) in [6.45, 7) is 6.20. The molecule has 0 bridgehead atoms. The van der Waals surface area contributed by atoms with Crippen molar-refractivity contribution in [1.82, 2.24) is 10.6 Å². The Bertz CT molecular complexity index is 799. The number of nitrogens with one attached hydrogen (secondary N) is 2. The Balaban J connectivity index is 1.67. The third-order valence-electron chi connectivity index (χ3n) is 5.22. The van der Waals surface area contributed by atoms with E-state index in [4.69, 9.17) is 0 Å². The summed E-state index contributed by atoms with van der Waals surface area (Å²) >= 11 is 0. The second-order valence-corrected chi connectivity index (χ2v) is 7.63. The Morgan fingerprint density at radius 2 is 1.69 bits per heavy atom. The number of rotatable bonds is 4. The lowest BCUT2D eigenvalue weighted by molar-refractivity contribution is -0.123. The molecule has 0 saturated heterocycles. The van der Waals surface area contributed by atoms with Gasteiger partial charge in [-0.15, -0.1) is 0 Å². The molecule has 0 fully saturated rings. The summed E-state index contributed by atoms with van der Waals surface area (Å²) < 4.78 is 0. The van der Waals surface area contributed by atoms with Crippen LogP contribution in [0.5, 0.6) is 0 Å². The van der Waals surface area contributed by atoms with Gasteiger partial charge < -0.3 is 10.6 Å². The van der Waals surface area contributed by atoms with Crippen molar-refractivity contribution in [1.29, 1.82) is 0 Å². The molecule has 0 heterocycles. The summed E-state index contributed by atoms with van der Waals surface area (Å²) in [6, 6.07) is 16.6. The predicted molar refractivity (Wildman–Crippen MR) is 103 cm³/mol. The van der Waals surface area contributed by atoms with Gasteiger partial charge in [-0.1, -0.05) is 56.3 Å². The minimum Gasteiger partial charge on any atom is -0.348 e. The number of carbonyl (C=O) groups excluding carboxylic acids is 2. The van der Waals surface area contributed by atoms with Crippen LogP contribution in [0, 0.1) is 0 Å². The highest BCUT2D eigenvalue weighted by Crippen LogP contribution is 2.41. The van der Waals surface area contributed by atoms with Crippen molar-refractivity contribution in [2.75, 3.05) is 0 Å². The van der Waals surface area contributed by atoms with Crippen LogP contribution in [-0.2, 0) is 10.2 Å². The van der Waals surface area contributed by atoms with Crippen molar-refractivity contribution in [3.05, 3.63) is 71.3 Å². The molecule has 2 atom stereocenters. The van der Waals surface area contributed by atoms with Gasteiger partial charge in [0.1, 0.15) is 6.04 Å². The molecular weight excluding hydrogens is 324 g/mol. The molecule has 1 aliphatic carbocycles. The van der Waals surface area contributed by atoms with Crippen molar-refractivity contribution < 1.29 is 9.59 Å². The van der Waals surface area contributed by atoms with E-state index in [-0.39, 0.29) is 23.3 Å². The summed E-state index contributed by atoms with van der Waals surface area (Å²) in [4.78, 5) is 24.9. The smallest absolute Gasteiger partial charge is 0.251 e. The van der Waals surface area contributed by atoms with Gasteiger partial charge in [0.2, 0.25) is 5.91 Å². The third kappa shape index (κ3) is 3.79. The van der Waals surface area contributed by atoms with Crippen molar-refractivity contribution >= 4 is 11.8 Å². The first-order chi connectivity index (χ1) is 12.4. The van der Waals surface area contributed by atoms with Crippen LogP contribution in [0.1, 0.15) is 61.1 Å². The van der Waals surface area contributed by atoms with Crippen molar-refractivity contribution in [3.8, 4) is 0 Å². The molecule has 4 nitrogen and oxygen atoms in total. The molecule has 0 spiro atoms. The maximum atomic E-state index is 12.6. The Labute approximate surface area is 155 Å². The number of benzene rings is 2. The lowest BCUT2D eigenvalue weighted by atomic mass is 9.71. The average Bonchev–Trinajstić information content (AvgIpc) is 2.65. The minimum atomic E-state index is -0.593. The predicted octanol–water partition coefficient (Wildman–Crippen LogP) is 3.73. The van der Waals surface area contributed by atoms with Crippen LogP contribution in [0.4, 0.5) is 0 Å². The molecule has 3 rings (SSSR count). The summed E-state index contributed by atoms with van der Waals surface area (Å²) in [5, 5.41) is 5.89. The Hall–Kier alpha value is -2.62. The second kappa shape index (κ2) is 7.32. The number of carbonyl (C=O) groups is 2. The number of hydrogen-bond acceptors (Lipinski definition) is 2. The molecule has 2 N–H and O–H groups in total. The monoisotopic (exact) mass is 350 g/mol. The normalized spacial score (nSPS) is 19.1. The molecule has 2 amide bonds. The van der Waals surface area contributed by atoms with Gasteiger partial charge in [0.05, 0.1) is 6.04 Å². The zero-order valence-electron chi connectivity index (χ0n) is 15.6. The maximum absolute atomic E-state index is 12.6. The van der Waals surface area contributed by atoms with E-state index in [9.17, 15) is 9.59 Å². The van der Waals surface area contributed by atoms with Crippen molar-refractivity contribution in [2.24, 2.45) is 0 Å². The largest absolute Gasteiger partial charge is 0.348 e. The van der Waals surface area contributed by atoms with Crippen LogP contribution < -0.4 is 10.6 Å². The first kappa shape index (κ1) is 18.2. The molecule has 2 unspecified atom stereocenters. The summed E-state index contributed by atoms with van der Waals surface area (Å²) in [6.07, 6.45) is 1.91. The van der Waals surface area contributed by atoms with Crippen LogP contribution in [0.2, 0.25) is 0 Å². The van der Waals surface area contributed by atoms with E-state index in [0.29, 0.717) is 5.56 Å². The van der Waals surface area contributed by atoms with Crippen molar-refractivity contribution in [2.45, 2.75) is 51.1 Å². The highest BCUT2D eigenvalue weighted by atomic mass is 16.2. The summed E-state index contributed by atoms with van der Waals surface area (Å²) in [5.74, 6) is -0.396. The Kier molecular flexibility index (Phi) is 5.12. The Morgan fingerprint density at radius 3 is 2.42 bits per heavy atom. The number of hydrogen-bond donors (Lipinski definition) is 2. The fourth-order valence-corrected chi connectivity index (χ4v) is 3.59.